The fraction of sp³-hybridized carbons (Fsp3) is 0.167. The minimum Gasteiger partial charge on any atom is -0.716 e. The standard InChI is InChI=1S/C18H17N3O7S.Na/c1-19-10-20-21-16-7-14-17(6-12(16)8-22)27-9-15(18(14)23)11-2-4-13(5-3-11)28-29(24,25)26;/h2-7,9,19,22H,8,10H2,1H3,(H,24,25,26);/q;+1/p-1. The smallest absolute Gasteiger partial charge is 0.716 e. The van der Waals surface area contributed by atoms with Gasteiger partial charge in [0, 0.05) is 5.56 Å². The Hall–Kier alpha value is -2.12. The van der Waals surface area contributed by atoms with Crippen LogP contribution in [-0.2, 0) is 17.0 Å². The van der Waals surface area contributed by atoms with E-state index in [1.165, 1.54) is 42.7 Å². The SMILES string of the molecule is CNCN=Nc1cc2c(=O)c(-c3ccc(OS(=O)(=O)[O-])cc3)coc2cc1CO.[Na+]. The molecule has 10 nitrogen and oxygen atoms in total. The van der Waals surface area contributed by atoms with Crippen molar-refractivity contribution in [1.29, 1.82) is 0 Å². The molecule has 2 aromatic carbocycles. The zero-order valence-corrected chi connectivity index (χ0v) is 19.0. The molecule has 0 fully saturated rings. The fourth-order valence-corrected chi connectivity index (χ4v) is 2.96. The maximum atomic E-state index is 12.9. The number of nitrogens with zero attached hydrogens (tertiary/aromatic N) is 2. The van der Waals surface area contributed by atoms with Crippen molar-refractivity contribution in [2.24, 2.45) is 10.2 Å². The van der Waals surface area contributed by atoms with E-state index in [2.05, 4.69) is 19.7 Å². The second kappa shape index (κ2) is 10.3. The van der Waals surface area contributed by atoms with Gasteiger partial charge in [0.15, 0.2) is 0 Å². The van der Waals surface area contributed by atoms with Crippen molar-refractivity contribution in [3.63, 3.8) is 0 Å². The van der Waals surface area contributed by atoms with Crippen molar-refractivity contribution in [1.82, 2.24) is 5.32 Å². The van der Waals surface area contributed by atoms with Crippen LogP contribution in [0.3, 0.4) is 0 Å². The van der Waals surface area contributed by atoms with Gasteiger partial charge in [0.1, 0.15) is 24.3 Å². The molecule has 3 aromatic rings. The van der Waals surface area contributed by atoms with Crippen LogP contribution in [0.5, 0.6) is 5.75 Å². The number of aliphatic hydroxyl groups is 1. The number of hydrogen-bond acceptors (Lipinski definition) is 10. The molecule has 0 aliphatic carbocycles. The van der Waals surface area contributed by atoms with Gasteiger partial charge in [-0.15, -0.1) is 0 Å². The molecule has 0 unspecified atom stereocenters. The summed E-state index contributed by atoms with van der Waals surface area (Å²) >= 11 is 0. The molecule has 152 valence electrons. The maximum absolute atomic E-state index is 12.9. The molecule has 0 radical (unpaired) electrons. The van der Waals surface area contributed by atoms with Gasteiger partial charge in [-0.05, 0) is 36.9 Å². The maximum Gasteiger partial charge on any atom is 1.00 e. The quantitative estimate of drug-likeness (QED) is 0.206. The van der Waals surface area contributed by atoms with Gasteiger partial charge in [-0.1, -0.05) is 12.1 Å². The molecule has 0 amide bonds. The van der Waals surface area contributed by atoms with E-state index in [1.807, 2.05) is 0 Å². The van der Waals surface area contributed by atoms with E-state index in [0.29, 0.717) is 16.8 Å². The molecule has 1 aromatic heterocycles. The first kappa shape index (κ1) is 24.2. The van der Waals surface area contributed by atoms with Crippen LogP contribution in [-0.4, -0.2) is 31.8 Å². The molecule has 0 saturated carbocycles. The Morgan fingerprint density at radius 1 is 1.23 bits per heavy atom. The Morgan fingerprint density at radius 3 is 2.53 bits per heavy atom. The van der Waals surface area contributed by atoms with E-state index >= 15 is 0 Å². The summed E-state index contributed by atoms with van der Waals surface area (Å²) in [6, 6.07) is 8.35. The van der Waals surface area contributed by atoms with Gasteiger partial charge in [-0.2, -0.15) is 10.2 Å². The molecule has 12 heteroatoms. The molecule has 0 bridgehead atoms. The summed E-state index contributed by atoms with van der Waals surface area (Å²) in [5, 5.41) is 20.5. The molecule has 0 atom stereocenters. The molecule has 2 N–H and O–H groups in total. The van der Waals surface area contributed by atoms with E-state index in [9.17, 15) is 22.9 Å². The van der Waals surface area contributed by atoms with Crippen LogP contribution in [0.4, 0.5) is 5.69 Å². The van der Waals surface area contributed by atoms with E-state index < -0.39 is 10.4 Å². The van der Waals surface area contributed by atoms with Crippen LogP contribution >= 0.6 is 0 Å². The molecule has 1 heterocycles. The van der Waals surface area contributed by atoms with Crippen LogP contribution in [0, 0.1) is 0 Å². The van der Waals surface area contributed by atoms with Crippen LogP contribution < -0.4 is 44.5 Å². The van der Waals surface area contributed by atoms with Gasteiger partial charge in [0.05, 0.1) is 23.2 Å². The van der Waals surface area contributed by atoms with Crippen LogP contribution in [0.25, 0.3) is 22.1 Å². The predicted molar refractivity (Wildman–Crippen MR) is 103 cm³/mol. The van der Waals surface area contributed by atoms with Gasteiger partial charge in [-0.25, -0.2) is 8.42 Å². The Morgan fingerprint density at radius 2 is 1.93 bits per heavy atom. The van der Waals surface area contributed by atoms with Crippen molar-refractivity contribution in [2.45, 2.75) is 6.61 Å². The third kappa shape index (κ3) is 5.73. The first-order chi connectivity index (χ1) is 13.8. The van der Waals surface area contributed by atoms with E-state index in [4.69, 9.17) is 4.42 Å². The summed E-state index contributed by atoms with van der Waals surface area (Å²) in [6.07, 6.45) is 1.26. The van der Waals surface area contributed by atoms with Gasteiger partial charge >= 0.3 is 29.6 Å². The molecular formula is C18H16N3NaO7S. The Kier molecular flexibility index (Phi) is 8.26. The van der Waals surface area contributed by atoms with Crippen LogP contribution in [0.2, 0.25) is 0 Å². The first-order valence-electron chi connectivity index (χ1n) is 8.29. The van der Waals surface area contributed by atoms with Gasteiger partial charge in [0.25, 0.3) is 10.4 Å². The van der Waals surface area contributed by atoms with E-state index in [0.717, 1.165) is 0 Å². The average molecular weight is 441 g/mol. The first-order valence-corrected chi connectivity index (χ1v) is 9.63. The second-order valence-electron chi connectivity index (χ2n) is 5.88. The molecule has 0 spiro atoms. The topological polar surface area (TPSA) is 154 Å². The zero-order valence-electron chi connectivity index (χ0n) is 16.2. The molecule has 0 aliphatic heterocycles. The summed E-state index contributed by atoms with van der Waals surface area (Å²) in [5.41, 5.74) is 1.35. The molecule has 0 saturated heterocycles. The molecule has 0 aliphatic rings. The largest absolute Gasteiger partial charge is 1.00 e. The Balaban J connectivity index is 0.00000320. The number of benzene rings is 2. The van der Waals surface area contributed by atoms with Crippen molar-refractivity contribution in [2.75, 3.05) is 13.7 Å². The second-order valence-corrected chi connectivity index (χ2v) is 6.87. The normalized spacial score (nSPS) is 11.6. The van der Waals surface area contributed by atoms with Gasteiger partial charge in [0.2, 0.25) is 5.43 Å². The minimum absolute atomic E-state index is 0. The summed E-state index contributed by atoms with van der Waals surface area (Å²) in [4.78, 5) is 12.9. The van der Waals surface area contributed by atoms with Gasteiger partial charge < -0.3 is 18.3 Å². The van der Waals surface area contributed by atoms with Crippen molar-refractivity contribution < 1.29 is 56.2 Å². The molecule has 3 rings (SSSR count). The minimum atomic E-state index is -4.89. The third-order valence-electron chi connectivity index (χ3n) is 3.92. The monoisotopic (exact) mass is 441 g/mol. The Labute approximate surface area is 193 Å². The average Bonchev–Trinajstić information content (AvgIpc) is 2.68. The van der Waals surface area contributed by atoms with Crippen LogP contribution in [0.15, 0.2) is 62.1 Å². The number of nitrogens with one attached hydrogen (secondary N) is 1. The number of hydrogen-bond donors (Lipinski definition) is 2. The number of fused-ring (bicyclic) bond motifs is 1. The van der Waals surface area contributed by atoms with E-state index in [-0.39, 0.29) is 70.5 Å². The van der Waals surface area contributed by atoms with Crippen LogP contribution in [0.1, 0.15) is 5.56 Å². The summed E-state index contributed by atoms with van der Waals surface area (Å²) in [7, 11) is -3.18. The molecular weight excluding hydrogens is 425 g/mol. The number of rotatable bonds is 7. The van der Waals surface area contributed by atoms with E-state index in [1.54, 1.807) is 7.05 Å². The Bertz CT molecular complexity index is 1220. The number of aliphatic hydroxyl groups excluding tert-OH is 1. The third-order valence-corrected chi connectivity index (χ3v) is 4.31. The number of azo groups is 1. The summed E-state index contributed by atoms with van der Waals surface area (Å²) in [6.45, 7) is -0.0373. The van der Waals surface area contributed by atoms with Crippen molar-refractivity contribution >= 4 is 27.1 Å². The fourth-order valence-electron chi connectivity index (χ4n) is 2.62. The summed E-state index contributed by atoms with van der Waals surface area (Å²) in [5.74, 6) is -0.172. The molecule has 30 heavy (non-hydrogen) atoms. The van der Waals surface area contributed by atoms with Crippen molar-refractivity contribution in [3.05, 3.63) is 58.4 Å². The predicted octanol–water partition coefficient (Wildman–Crippen LogP) is -0.944. The zero-order chi connectivity index (χ0) is 21.0. The van der Waals surface area contributed by atoms with Crippen molar-refractivity contribution in [3.8, 4) is 16.9 Å². The summed E-state index contributed by atoms with van der Waals surface area (Å²) < 4.78 is 41.7. The van der Waals surface area contributed by atoms with Gasteiger partial charge in [-0.3, -0.25) is 10.1 Å².